The zero-order chi connectivity index (χ0) is 33.9. The highest BCUT2D eigenvalue weighted by atomic mass is 16.6. The molecule has 0 saturated carbocycles. The molecule has 4 aliphatic heterocycles. The zero-order valence-electron chi connectivity index (χ0n) is 30.6. The number of hydrogen-bond donors (Lipinski definition) is 0. The molecule has 8 unspecified atom stereocenters. The molecule has 0 N–H and O–H groups in total. The van der Waals surface area contributed by atoms with Crippen LogP contribution in [0.2, 0.25) is 0 Å². The van der Waals surface area contributed by atoms with Crippen LogP contribution in [0.5, 0.6) is 0 Å². The lowest BCUT2D eigenvalue weighted by Gasteiger charge is -2.42. The number of carbonyl (C=O) groups is 2. The second kappa shape index (κ2) is 18.6. The van der Waals surface area contributed by atoms with Crippen LogP contribution >= 0.6 is 0 Å². The summed E-state index contributed by atoms with van der Waals surface area (Å²) in [5, 5.41) is 0. The molecule has 4 rings (SSSR count). The highest BCUT2D eigenvalue weighted by molar-refractivity contribution is 5.70. The minimum absolute atomic E-state index is 0.0624. The van der Waals surface area contributed by atoms with Gasteiger partial charge in [0.25, 0.3) is 0 Å². The van der Waals surface area contributed by atoms with Crippen molar-refractivity contribution in [3.05, 3.63) is 36.0 Å². The highest BCUT2D eigenvalue weighted by Crippen LogP contribution is 2.36. The number of esters is 1. The van der Waals surface area contributed by atoms with E-state index in [9.17, 15) is 9.59 Å². The summed E-state index contributed by atoms with van der Waals surface area (Å²) < 4.78 is 18.2. The molecule has 4 heterocycles. The molecule has 8 nitrogen and oxygen atoms in total. The van der Waals surface area contributed by atoms with Crippen LogP contribution in [-0.4, -0.2) is 104 Å². The Balaban J connectivity index is 1.33. The maximum atomic E-state index is 13.4. The maximum Gasteiger partial charge on any atom is 0.410 e. The predicted octanol–water partition coefficient (Wildman–Crippen LogP) is 7.25. The lowest BCUT2D eigenvalue weighted by atomic mass is 9.92. The Morgan fingerprint density at radius 3 is 2.47 bits per heavy atom. The van der Waals surface area contributed by atoms with E-state index in [0.717, 1.165) is 57.4 Å². The van der Waals surface area contributed by atoms with Crippen LogP contribution in [0.15, 0.2) is 36.0 Å². The lowest BCUT2D eigenvalue weighted by molar-refractivity contribution is -0.148. The SMILES string of the molecule is CCCC(C)C1OC1CC(C)C=CC=C(C)C1OC(=O)CCCCC(C)C(OC(=O)N2CCN(C3CCN(C)CC3)CC2)C=CC1C. The molecule has 3 saturated heterocycles. The first-order valence-electron chi connectivity index (χ1n) is 18.8. The molecule has 4 aliphatic rings. The van der Waals surface area contributed by atoms with E-state index in [4.69, 9.17) is 14.2 Å². The molecule has 0 aliphatic carbocycles. The molecular weight excluding hydrogens is 590 g/mol. The number of rotatable bonds is 10. The molecule has 0 radical (unpaired) electrons. The van der Waals surface area contributed by atoms with E-state index < -0.39 is 0 Å². The Hall–Kier alpha value is -2.16. The quantitative estimate of drug-likeness (QED) is 0.106. The first-order valence-corrected chi connectivity index (χ1v) is 18.8. The highest BCUT2D eigenvalue weighted by Gasteiger charge is 2.42. The standard InChI is InChI=1S/C39H65N3O5/c1-8-12-30(4)38-35(45-38)27-28(2)13-11-15-31(5)37-32(6)17-18-34(29(3)14-9-10-16-36(43)47-37)46-39(44)42-25-23-41(24-26-42)33-19-21-40(7)22-20-33/h11,13,15,17-18,28-30,32-35,37-38H,8-10,12,14,16,19-27H2,1-7H3. The first-order chi connectivity index (χ1) is 22.5. The van der Waals surface area contributed by atoms with Gasteiger partial charge in [-0.3, -0.25) is 9.69 Å². The monoisotopic (exact) mass is 655 g/mol. The van der Waals surface area contributed by atoms with Gasteiger partial charge in [-0.05, 0) is 95.0 Å². The fourth-order valence-electron chi connectivity index (χ4n) is 7.67. The number of piperazine rings is 1. The Kier molecular flexibility index (Phi) is 14.9. The van der Waals surface area contributed by atoms with Gasteiger partial charge in [0, 0.05) is 44.6 Å². The van der Waals surface area contributed by atoms with Gasteiger partial charge in [-0.15, -0.1) is 0 Å². The molecule has 47 heavy (non-hydrogen) atoms. The van der Waals surface area contributed by atoms with Crippen molar-refractivity contribution in [2.24, 2.45) is 23.7 Å². The van der Waals surface area contributed by atoms with E-state index in [1.54, 1.807) is 0 Å². The van der Waals surface area contributed by atoms with Crippen molar-refractivity contribution in [1.29, 1.82) is 0 Å². The van der Waals surface area contributed by atoms with E-state index in [0.29, 0.717) is 49.6 Å². The average molecular weight is 656 g/mol. The van der Waals surface area contributed by atoms with Crippen molar-refractivity contribution in [1.82, 2.24) is 14.7 Å². The third kappa shape index (κ3) is 11.7. The van der Waals surface area contributed by atoms with Crippen LogP contribution in [0.1, 0.15) is 99.3 Å². The molecule has 0 aromatic rings. The smallest absolute Gasteiger partial charge is 0.410 e. The zero-order valence-corrected chi connectivity index (χ0v) is 30.6. The van der Waals surface area contributed by atoms with Crippen LogP contribution in [0, 0.1) is 23.7 Å². The van der Waals surface area contributed by atoms with Crippen LogP contribution in [0.3, 0.4) is 0 Å². The molecule has 0 spiro atoms. The van der Waals surface area contributed by atoms with Crippen molar-refractivity contribution < 1.29 is 23.8 Å². The number of carbonyl (C=O) groups excluding carboxylic acids is 2. The summed E-state index contributed by atoms with van der Waals surface area (Å²) in [7, 11) is 2.20. The van der Waals surface area contributed by atoms with Crippen LogP contribution in [0.4, 0.5) is 4.79 Å². The molecule has 1 amide bonds. The largest absolute Gasteiger partial charge is 0.457 e. The summed E-state index contributed by atoms with van der Waals surface area (Å²) in [5.41, 5.74) is 1.01. The second-order valence-corrected chi connectivity index (χ2v) is 15.2. The van der Waals surface area contributed by atoms with Crippen molar-refractivity contribution in [2.45, 2.75) is 130 Å². The fourth-order valence-corrected chi connectivity index (χ4v) is 7.67. The van der Waals surface area contributed by atoms with Gasteiger partial charge in [0.1, 0.15) is 12.2 Å². The third-order valence-corrected chi connectivity index (χ3v) is 11.0. The molecule has 0 bridgehead atoms. The summed E-state index contributed by atoms with van der Waals surface area (Å²) >= 11 is 0. The summed E-state index contributed by atoms with van der Waals surface area (Å²) in [6, 6.07) is 0.628. The predicted molar refractivity (Wildman–Crippen MR) is 189 cm³/mol. The number of hydrogen-bond acceptors (Lipinski definition) is 7. The van der Waals surface area contributed by atoms with Gasteiger partial charge in [0.15, 0.2) is 0 Å². The van der Waals surface area contributed by atoms with Crippen LogP contribution in [-0.2, 0) is 19.0 Å². The van der Waals surface area contributed by atoms with Gasteiger partial charge < -0.3 is 24.0 Å². The lowest BCUT2D eigenvalue weighted by Crippen LogP contribution is -2.54. The number of piperidine rings is 1. The van der Waals surface area contributed by atoms with Crippen molar-refractivity contribution >= 4 is 12.1 Å². The first kappa shape index (κ1) is 37.7. The van der Waals surface area contributed by atoms with Gasteiger partial charge in [-0.25, -0.2) is 4.79 Å². The molecular formula is C39H65N3O5. The molecule has 266 valence electrons. The number of ether oxygens (including phenoxy) is 3. The van der Waals surface area contributed by atoms with Gasteiger partial charge in [0.05, 0.1) is 12.2 Å². The molecule has 3 fully saturated rings. The minimum atomic E-state index is -0.372. The molecule has 8 atom stereocenters. The van der Waals surface area contributed by atoms with Crippen LogP contribution < -0.4 is 0 Å². The summed E-state index contributed by atoms with van der Waals surface area (Å²) in [6.45, 7) is 18.6. The van der Waals surface area contributed by atoms with E-state index >= 15 is 0 Å². The summed E-state index contributed by atoms with van der Waals surface area (Å²) in [5.74, 6) is 0.997. The summed E-state index contributed by atoms with van der Waals surface area (Å²) in [6.07, 6.45) is 19.3. The van der Waals surface area contributed by atoms with E-state index in [1.165, 1.54) is 25.7 Å². The number of amides is 1. The third-order valence-electron chi connectivity index (χ3n) is 11.0. The topological polar surface area (TPSA) is 74.8 Å². The normalized spacial score (nSPS) is 32.4. The second-order valence-electron chi connectivity index (χ2n) is 15.2. The van der Waals surface area contributed by atoms with Crippen molar-refractivity contribution in [2.75, 3.05) is 46.3 Å². The number of nitrogens with zero attached hydrogens (tertiary/aromatic N) is 3. The van der Waals surface area contributed by atoms with Gasteiger partial charge >= 0.3 is 12.1 Å². The van der Waals surface area contributed by atoms with E-state index in [2.05, 4.69) is 75.8 Å². The molecule has 8 heteroatoms. The van der Waals surface area contributed by atoms with Gasteiger partial charge in [-0.2, -0.15) is 0 Å². The Bertz CT molecular complexity index is 1070. The number of allylic oxidation sites excluding steroid dienone is 3. The fraction of sp³-hybridized carbons (Fsp3) is 0.795. The van der Waals surface area contributed by atoms with Crippen molar-refractivity contribution in [3.63, 3.8) is 0 Å². The Morgan fingerprint density at radius 1 is 1.04 bits per heavy atom. The van der Waals surface area contributed by atoms with Gasteiger partial charge in [-0.1, -0.05) is 71.8 Å². The van der Waals surface area contributed by atoms with Crippen molar-refractivity contribution in [3.8, 4) is 0 Å². The Morgan fingerprint density at radius 2 is 1.77 bits per heavy atom. The number of cyclic esters (lactones) is 1. The van der Waals surface area contributed by atoms with Gasteiger partial charge in [0.2, 0.25) is 0 Å². The van der Waals surface area contributed by atoms with E-state index in [-0.39, 0.29) is 36.1 Å². The molecule has 0 aromatic heterocycles. The van der Waals surface area contributed by atoms with E-state index in [1.807, 2.05) is 17.9 Å². The summed E-state index contributed by atoms with van der Waals surface area (Å²) in [4.78, 5) is 33.1. The minimum Gasteiger partial charge on any atom is -0.457 e. The maximum absolute atomic E-state index is 13.4. The Labute approximate surface area is 285 Å². The molecule has 0 aromatic carbocycles. The van der Waals surface area contributed by atoms with Crippen LogP contribution in [0.25, 0.3) is 0 Å². The average Bonchev–Trinajstić information content (AvgIpc) is 3.82. The number of likely N-dealkylation sites (tertiary alicyclic amines) is 1. The number of epoxide rings is 1.